The number of nitrogens with one attached hydrogen (secondary N) is 1. The van der Waals surface area contributed by atoms with Gasteiger partial charge in [0.1, 0.15) is 10.8 Å². The third-order valence-electron chi connectivity index (χ3n) is 5.03. The molecule has 2 amide bonds. The summed E-state index contributed by atoms with van der Waals surface area (Å²) in [4.78, 5) is 48.3. The third-order valence-corrected chi connectivity index (χ3v) is 5.03. The summed E-state index contributed by atoms with van der Waals surface area (Å²) in [7, 11) is 0. The number of Topliss-reactive ketones (excluding diaryl/α,β-unsaturated/α-hetero) is 2. The Balaban J connectivity index is 2.33. The molecular formula is C14H15N3O4. The fraction of sp³-hybridized carbons (Fsp3) is 0.429. The molecule has 0 spiro atoms. The van der Waals surface area contributed by atoms with E-state index in [0.717, 1.165) is 0 Å². The molecule has 0 aromatic heterocycles. The van der Waals surface area contributed by atoms with Crippen molar-refractivity contribution in [1.82, 2.24) is 5.32 Å². The number of rotatable bonds is 2. The summed E-state index contributed by atoms with van der Waals surface area (Å²) in [6, 6.07) is 0. The second kappa shape index (κ2) is 3.60. The van der Waals surface area contributed by atoms with E-state index in [0.29, 0.717) is 0 Å². The Hall–Kier alpha value is -2.44. The Labute approximate surface area is 120 Å². The number of carbonyl (C=O) groups excluding carboxylic acids is 4. The lowest BCUT2D eigenvalue weighted by Gasteiger charge is -2.31. The standard InChI is InChI=1S/C14H15N3O4/c1-5(18)7-3-13-10(16)8(6(2)19)4-14(13,9(7)15)12(21)17-11(13)20/h3-4,15-16H2,1-2H3,(H,17,20,21)/t13-,14-/m1/s1. The van der Waals surface area contributed by atoms with Crippen LogP contribution in [0.2, 0.25) is 0 Å². The zero-order valence-corrected chi connectivity index (χ0v) is 11.7. The molecule has 21 heavy (non-hydrogen) atoms. The van der Waals surface area contributed by atoms with Crippen LogP contribution in [0.5, 0.6) is 0 Å². The van der Waals surface area contributed by atoms with Crippen LogP contribution in [0.4, 0.5) is 0 Å². The van der Waals surface area contributed by atoms with Crippen LogP contribution in [0.25, 0.3) is 0 Å². The monoisotopic (exact) mass is 289 g/mol. The van der Waals surface area contributed by atoms with Crippen LogP contribution in [-0.4, -0.2) is 23.4 Å². The predicted molar refractivity (Wildman–Crippen MR) is 71.0 cm³/mol. The number of ketones is 2. The van der Waals surface area contributed by atoms with E-state index in [1.807, 2.05) is 0 Å². The highest BCUT2D eigenvalue weighted by atomic mass is 16.2. The normalized spacial score (nSPS) is 34.2. The van der Waals surface area contributed by atoms with Gasteiger partial charge in [-0.3, -0.25) is 24.5 Å². The van der Waals surface area contributed by atoms with Gasteiger partial charge in [-0.2, -0.15) is 0 Å². The second-order valence-corrected chi connectivity index (χ2v) is 5.84. The van der Waals surface area contributed by atoms with Gasteiger partial charge in [-0.1, -0.05) is 0 Å². The highest BCUT2D eigenvalue weighted by Gasteiger charge is 2.76. The maximum atomic E-state index is 12.4. The van der Waals surface area contributed by atoms with Crippen molar-refractivity contribution in [3.05, 3.63) is 22.5 Å². The van der Waals surface area contributed by atoms with E-state index in [2.05, 4.69) is 5.32 Å². The summed E-state index contributed by atoms with van der Waals surface area (Å²) in [5, 5.41) is 2.25. The zero-order chi connectivity index (χ0) is 15.7. The lowest BCUT2D eigenvalue weighted by Crippen LogP contribution is -2.43. The molecule has 0 radical (unpaired) electrons. The maximum Gasteiger partial charge on any atom is 0.240 e. The van der Waals surface area contributed by atoms with Crippen LogP contribution >= 0.6 is 0 Å². The van der Waals surface area contributed by atoms with Gasteiger partial charge in [0.25, 0.3) is 0 Å². The van der Waals surface area contributed by atoms with E-state index in [9.17, 15) is 19.2 Å². The fourth-order valence-electron chi connectivity index (χ4n) is 3.93. The number of allylic oxidation sites excluding steroid dienone is 2. The molecule has 0 aromatic carbocycles. The first kappa shape index (κ1) is 13.5. The molecule has 110 valence electrons. The molecule has 0 unspecified atom stereocenters. The Morgan fingerprint density at radius 3 is 1.52 bits per heavy atom. The molecule has 2 aliphatic carbocycles. The third kappa shape index (κ3) is 1.16. The van der Waals surface area contributed by atoms with Crippen molar-refractivity contribution in [1.29, 1.82) is 0 Å². The lowest BCUT2D eigenvalue weighted by molar-refractivity contribution is -0.127. The molecule has 1 aliphatic heterocycles. The molecule has 7 heteroatoms. The van der Waals surface area contributed by atoms with Gasteiger partial charge in [-0.15, -0.1) is 0 Å². The van der Waals surface area contributed by atoms with Gasteiger partial charge in [-0.25, -0.2) is 0 Å². The lowest BCUT2D eigenvalue weighted by atomic mass is 9.67. The minimum atomic E-state index is -1.42. The summed E-state index contributed by atoms with van der Waals surface area (Å²) in [6.45, 7) is 2.67. The van der Waals surface area contributed by atoms with Gasteiger partial charge in [0.2, 0.25) is 11.8 Å². The molecule has 1 saturated heterocycles. The topological polar surface area (TPSA) is 132 Å². The Kier molecular flexibility index (Phi) is 2.32. The van der Waals surface area contributed by atoms with E-state index < -0.39 is 22.6 Å². The first-order valence-electron chi connectivity index (χ1n) is 6.56. The van der Waals surface area contributed by atoms with Crippen LogP contribution in [-0.2, 0) is 19.2 Å². The highest BCUT2D eigenvalue weighted by molar-refractivity contribution is 6.18. The van der Waals surface area contributed by atoms with Crippen molar-refractivity contribution >= 4 is 23.4 Å². The quantitative estimate of drug-likeness (QED) is 0.560. The number of carbonyl (C=O) groups is 4. The van der Waals surface area contributed by atoms with Crippen LogP contribution in [0, 0.1) is 10.8 Å². The Morgan fingerprint density at radius 2 is 1.24 bits per heavy atom. The number of imide groups is 1. The number of hydrogen-bond donors (Lipinski definition) is 3. The SMILES string of the molecule is CC(=O)C1=C(N)[C@@]23CC(C(C)=O)=C(N)[C@]2(C1)C(=O)NC3=O. The molecule has 5 N–H and O–H groups in total. The molecule has 3 aliphatic rings. The van der Waals surface area contributed by atoms with Crippen molar-refractivity contribution in [2.24, 2.45) is 22.3 Å². The smallest absolute Gasteiger partial charge is 0.240 e. The second-order valence-electron chi connectivity index (χ2n) is 5.84. The van der Waals surface area contributed by atoms with E-state index in [1.54, 1.807) is 0 Å². The number of hydrogen-bond acceptors (Lipinski definition) is 6. The van der Waals surface area contributed by atoms with Gasteiger partial charge < -0.3 is 11.5 Å². The molecule has 0 aromatic rings. The summed E-state index contributed by atoms with van der Waals surface area (Å²) in [5.41, 5.74) is 9.93. The van der Waals surface area contributed by atoms with Crippen molar-refractivity contribution in [3.63, 3.8) is 0 Å². The van der Waals surface area contributed by atoms with Gasteiger partial charge in [0.15, 0.2) is 11.6 Å². The van der Waals surface area contributed by atoms with E-state index in [1.165, 1.54) is 13.8 Å². The maximum absolute atomic E-state index is 12.4. The summed E-state index contributed by atoms with van der Waals surface area (Å²) in [5.74, 6) is -1.75. The first-order valence-corrected chi connectivity index (χ1v) is 6.56. The average Bonchev–Trinajstić information content (AvgIpc) is 2.89. The Morgan fingerprint density at radius 1 is 0.905 bits per heavy atom. The molecular weight excluding hydrogens is 274 g/mol. The predicted octanol–water partition coefficient (Wildman–Crippen LogP) is -0.973. The summed E-state index contributed by atoms with van der Waals surface area (Å²) < 4.78 is 0. The largest absolute Gasteiger partial charge is 0.401 e. The van der Waals surface area contributed by atoms with Crippen molar-refractivity contribution in [2.45, 2.75) is 26.7 Å². The van der Waals surface area contributed by atoms with Crippen molar-refractivity contribution < 1.29 is 19.2 Å². The average molecular weight is 289 g/mol. The summed E-state index contributed by atoms with van der Waals surface area (Å²) in [6.07, 6.45) is -0.0668. The molecule has 7 nitrogen and oxygen atoms in total. The minimum absolute atomic E-state index is 0.0334. The van der Waals surface area contributed by atoms with Crippen LogP contribution in [0.15, 0.2) is 22.5 Å². The van der Waals surface area contributed by atoms with Crippen molar-refractivity contribution in [3.8, 4) is 0 Å². The molecule has 1 heterocycles. The van der Waals surface area contributed by atoms with Gasteiger partial charge in [0.05, 0.1) is 0 Å². The molecule has 0 bridgehead atoms. The van der Waals surface area contributed by atoms with Crippen LogP contribution < -0.4 is 16.8 Å². The fourth-order valence-corrected chi connectivity index (χ4v) is 3.93. The highest BCUT2D eigenvalue weighted by Crippen LogP contribution is 2.67. The minimum Gasteiger partial charge on any atom is -0.401 e. The van der Waals surface area contributed by atoms with Gasteiger partial charge >= 0.3 is 0 Å². The number of nitrogens with two attached hydrogens (primary N) is 2. The van der Waals surface area contributed by atoms with Gasteiger partial charge in [0, 0.05) is 22.5 Å². The molecule has 3 rings (SSSR count). The van der Waals surface area contributed by atoms with Gasteiger partial charge in [-0.05, 0) is 26.7 Å². The zero-order valence-electron chi connectivity index (χ0n) is 11.7. The molecule has 0 saturated carbocycles. The first-order chi connectivity index (χ1) is 9.70. The number of amides is 2. The molecule has 1 fully saturated rings. The molecule has 2 atom stereocenters. The van der Waals surface area contributed by atoms with Crippen LogP contribution in [0.1, 0.15) is 26.7 Å². The van der Waals surface area contributed by atoms with Crippen LogP contribution in [0.3, 0.4) is 0 Å². The van der Waals surface area contributed by atoms with Crippen molar-refractivity contribution in [2.75, 3.05) is 0 Å². The van der Waals surface area contributed by atoms with E-state index in [4.69, 9.17) is 11.5 Å². The van der Waals surface area contributed by atoms with E-state index >= 15 is 0 Å². The van der Waals surface area contributed by atoms with E-state index in [-0.39, 0.29) is 46.9 Å². The summed E-state index contributed by atoms with van der Waals surface area (Å²) >= 11 is 0. The Bertz CT molecular complexity index is 658.